The summed E-state index contributed by atoms with van der Waals surface area (Å²) in [5, 5.41) is 40.6. The van der Waals surface area contributed by atoms with Crippen LogP contribution in [0.1, 0.15) is 138 Å². The Kier molecular flexibility index (Phi) is 17.2. The average molecular weight is 924 g/mol. The van der Waals surface area contributed by atoms with Crippen LogP contribution >= 0.6 is 0 Å². The molecule has 2 saturated carbocycles. The number of hydrogen-bond acceptors (Lipinski definition) is 14. The van der Waals surface area contributed by atoms with E-state index in [0.717, 1.165) is 0 Å². The van der Waals surface area contributed by atoms with Crippen LogP contribution in [0.4, 0.5) is 4.79 Å². The van der Waals surface area contributed by atoms with Gasteiger partial charge in [-0.2, -0.15) is 0 Å². The molecular weight excluding hydrogens is 851 g/mol. The normalized spacial score (nSPS) is 30.6. The number of esters is 3. The van der Waals surface area contributed by atoms with Gasteiger partial charge in [0.2, 0.25) is 0 Å². The largest absolute Gasteiger partial charge is 0.456 e. The number of hydrogen-bond donors (Lipinski definition) is 4. The second kappa shape index (κ2) is 21.1. The highest BCUT2D eigenvalue weighted by molar-refractivity contribution is 5.94. The highest BCUT2D eigenvalue weighted by atomic mass is 16.6. The summed E-state index contributed by atoms with van der Waals surface area (Å²) in [5.41, 5.74) is -7.74. The summed E-state index contributed by atoms with van der Waals surface area (Å²) in [6.45, 7) is 23.8. The van der Waals surface area contributed by atoms with Crippen molar-refractivity contribution in [2.45, 2.75) is 182 Å². The van der Waals surface area contributed by atoms with Gasteiger partial charge in [-0.15, -0.1) is 0 Å². The number of carbonyl (C=O) groups excluding carboxylic acids is 5. The Morgan fingerprint density at radius 1 is 0.924 bits per heavy atom. The van der Waals surface area contributed by atoms with Gasteiger partial charge in [0, 0.05) is 25.2 Å². The molecule has 1 aliphatic heterocycles. The third-order valence-electron chi connectivity index (χ3n) is 13.0. The van der Waals surface area contributed by atoms with Gasteiger partial charge in [0.05, 0.1) is 41.8 Å². The molecule has 4 N–H and O–H groups in total. The molecule has 0 unspecified atom stereocenters. The molecule has 3 aliphatic carbocycles. The second-order valence-electron chi connectivity index (χ2n) is 19.4. The monoisotopic (exact) mass is 924 g/mol. The highest BCUT2D eigenvalue weighted by Gasteiger charge is 2.78. The van der Waals surface area contributed by atoms with Gasteiger partial charge < -0.3 is 49.1 Å². The molecule has 2 bridgehead atoms. The zero-order valence-corrected chi connectivity index (χ0v) is 41.1. The van der Waals surface area contributed by atoms with Crippen LogP contribution in [-0.2, 0) is 42.8 Å². The van der Waals surface area contributed by atoms with E-state index in [1.165, 1.54) is 32.4 Å². The Balaban J connectivity index is 0.00000183. The number of carbonyl (C=O) groups is 5. The predicted molar refractivity (Wildman–Crippen MR) is 245 cm³/mol. The van der Waals surface area contributed by atoms with Gasteiger partial charge in [0.15, 0.2) is 17.5 Å². The number of benzene rings is 2. The summed E-state index contributed by atoms with van der Waals surface area (Å²) >= 11 is 0. The number of rotatable bonds is 10. The van der Waals surface area contributed by atoms with Crippen LogP contribution in [0.25, 0.3) is 0 Å². The van der Waals surface area contributed by atoms with Gasteiger partial charge in [-0.05, 0) is 77.3 Å². The van der Waals surface area contributed by atoms with Gasteiger partial charge in [-0.3, -0.25) is 9.59 Å². The Morgan fingerprint density at radius 3 is 1.98 bits per heavy atom. The topological polar surface area (TPSA) is 213 Å². The number of nitrogens with one attached hydrogen (secondary N) is 1. The Hall–Kier alpha value is -4.67. The number of ketones is 1. The van der Waals surface area contributed by atoms with E-state index in [9.17, 15) is 34.5 Å². The zero-order chi connectivity index (χ0) is 49.7. The average Bonchev–Trinajstić information content (AvgIpc) is 3.24. The van der Waals surface area contributed by atoms with Gasteiger partial charge in [-0.1, -0.05) is 96.5 Å². The summed E-state index contributed by atoms with van der Waals surface area (Å²) in [5.74, 6) is -5.00. The van der Waals surface area contributed by atoms with E-state index >= 15 is 4.79 Å². The smallest absolute Gasteiger partial charge is 0.408 e. The van der Waals surface area contributed by atoms with Crippen LogP contribution < -0.4 is 5.32 Å². The summed E-state index contributed by atoms with van der Waals surface area (Å²) in [6, 6.07) is 15.4. The minimum Gasteiger partial charge on any atom is -0.456 e. The van der Waals surface area contributed by atoms with Crippen molar-refractivity contribution in [1.29, 1.82) is 0 Å². The van der Waals surface area contributed by atoms with Gasteiger partial charge in [0.25, 0.3) is 0 Å². The lowest BCUT2D eigenvalue weighted by Crippen LogP contribution is -2.81. The number of alkyl carbamates (subject to hydrolysis) is 1. The molecule has 1 heterocycles. The van der Waals surface area contributed by atoms with E-state index in [4.69, 9.17) is 28.4 Å². The fourth-order valence-corrected chi connectivity index (χ4v) is 9.97. The number of aliphatic hydroxyl groups is 3. The first-order valence-electron chi connectivity index (χ1n) is 23.1. The number of fused-ring (bicyclic) bond motifs is 5. The molecule has 4 aliphatic rings. The van der Waals surface area contributed by atoms with Gasteiger partial charge in [0.1, 0.15) is 35.6 Å². The molecule has 3 fully saturated rings. The SMILES string of the molecule is CC.CC(=O)O[C@@]12CO[C@@H]1C[C@H](O)[C@@]1(C)C(=O)[C@H](O)C3=C(C)[C@@H](OC(=O)[C@H](OC(C)C)[C@@H](NC(=O)OC(C)(C)C)c4ccccc4)C[C@@](O)([C@@H](OC(=O)c4ccccc4)[C@H]21)C3(C)C.CCC. The van der Waals surface area contributed by atoms with E-state index in [-0.39, 0.29) is 29.7 Å². The zero-order valence-electron chi connectivity index (χ0n) is 41.1. The fourth-order valence-electron chi connectivity index (χ4n) is 9.97. The quantitative estimate of drug-likeness (QED) is 0.106. The molecule has 366 valence electrons. The molecule has 1 saturated heterocycles. The van der Waals surface area contributed by atoms with Crippen molar-refractivity contribution in [2.75, 3.05) is 6.61 Å². The van der Waals surface area contributed by atoms with Crippen molar-refractivity contribution in [3.8, 4) is 0 Å². The fraction of sp³-hybridized carbons (Fsp3) is 0.627. The van der Waals surface area contributed by atoms with Crippen molar-refractivity contribution in [2.24, 2.45) is 16.7 Å². The van der Waals surface area contributed by atoms with Crippen LogP contribution in [0.2, 0.25) is 0 Å². The Labute approximate surface area is 389 Å². The number of ether oxygens (including phenoxy) is 6. The number of Topliss-reactive ketones (excluding diaryl/α,β-unsaturated/α-hetero) is 1. The van der Waals surface area contributed by atoms with E-state index in [1.54, 1.807) is 104 Å². The van der Waals surface area contributed by atoms with Gasteiger partial charge in [-0.25, -0.2) is 14.4 Å². The standard InChI is InChI=1S/C46H59NO14.C3H8.C2H6/c1-24(2)57-35(33(27-17-13-11-14-18-27)47-41(54)61-42(5,6)7)40(53)58-29-22-46(55)38(59-39(52)28-19-15-12-16-20-28)36-44(10,37(51)34(50)32(25(29)3)43(46,8)9)30(49)21-31-45(36,23-56-31)60-26(4)48;1-3-2;1-2/h11-20,24,29-31,33-36,38,49-50,55H,21-23H2,1-10H3,(H,47,54);3H2,1-2H3;1-2H3/t29-,30-,31+,33-,34+,35+,36-,38-,44+,45-,46+;;/m0../s1. The predicted octanol–water partition coefficient (Wildman–Crippen LogP) is 7.13. The molecule has 0 radical (unpaired) electrons. The first-order chi connectivity index (χ1) is 30.8. The molecule has 1 amide bonds. The third-order valence-corrected chi connectivity index (χ3v) is 13.0. The van der Waals surface area contributed by atoms with Crippen molar-refractivity contribution in [1.82, 2.24) is 5.32 Å². The van der Waals surface area contributed by atoms with Crippen LogP contribution in [-0.4, -0.2) is 111 Å². The van der Waals surface area contributed by atoms with Crippen LogP contribution in [0.15, 0.2) is 71.8 Å². The van der Waals surface area contributed by atoms with Crippen molar-refractivity contribution < 1.29 is 67.7 Å². The van der Waals surface area contributed by atoms with Crippen LogP contribution in [0.3, 0.4) is 0 Å². The Bertz CT molecular complexity index is 2060. The van der Waals surface area contributed by atoms with E-state index in [2.05, 4.69) is 19.2 Å². The molecule has 0 aromatic heterocycles. The first kappa shape index (κ1) is 53.9. The van der Waals surface area contributed by atoms with Gasteiger partial charge >= 0.3 is 24.0 Å². The maximum absolute atomic E-state index is 15.1. The van der Waals surface area contributed by atoms with E-state index < -0.39 is 119 Å². The van der Waals surface area contributed by atoms with Crippen LogP contribution in [0.5, 0.6) is 0 Å². The van der Waals surface area contributed by atoms with Crippen molar-refractivity contribution in [3.05, 3.63) is 82.9 Å². The van der Waals surface area contributed by atoms with E-state index in [1.807, 2.05) is 13.8 Å². The third kappa shape index (κ3) is 10.4. The Morgan fingerprint density at radius 2 is 1.48 bits per heavy atom. The van der Waals surface area contributed by atoms with Crippen LogP contribution in [0, 0.1) is 16.7 Å². The van der Waals surface area contributed by atoms with E-state index in [0.29, 0.717) is 5.56 Å². The molecule has 15 heteroatoms. The lowest BCUT2D eigenvalue weighted by molar-refractivity contribution is -0.346. The molecular formula is C51H73NO14. The molecule has 2 aromatic carbocycles. The highest BCUT2D eigenvalue weighted by Crippen LogP contribution is 2.64. The maximum Gasteiger partial charge on any atom is 0.408 e. The number of amides is 1. The van der Waals surface area contributed by atoms with Crippen molar-refractivity contribution in [3.63, 3.8) is 0 Å². The summed E-state index contributed by atoms with van der Waals surface area (Å²) < 4.78 is 36.4. The first-order valence-corrected chi connectivity index (χ1v) is 23.1. The molecule has 11 atom stereocenters. The molecule has 2 aromatic rings. The summed E-state index contributed by atoms with van der Waals surface area (Å²) in [4.78, 5) is 70.3. The molecule has 0 spiro atoms. The minimum absolute atomic E-state index is 0.0157. The lowest BCUT2D eigenvalue weighted by Gasteiger charge is -2.67. The number of aliphatic hydroxyl groups excluding tert-OH is 2. The molecule has 6 rings (SSSR count). The lowest BCUT2D eigenvalue weighted by atomic mass is 9.44. The molecule has 66 heavy (non-hydrogen) atoms. The minimum atomic E-state index is -2.32. The second-order valence-corrected chi connectivity index (χ2v) is 19.4. The maximum atomic E-state index is 15.1. The summed E-state index contributed by atoms with van der Waals surface area (Å²) in [7, 11) is 0. The molecule has 15 nitrogen and oxygen atoms in total. The van der Waals surface area contributed by atoms with Crippen molar-refractivity contribution >= 4 is 29.8 Å². The summed E-state index contributed by atoms with van der Waals surface area (Å²) in [6.07, 6.45) is -9.95.